The number of phenols is 3. The fourth-order valence-electron chi connectivity index (χ4n) is 5.91. The van der Waals surface area contributed by atoms with Gasteiger partial charge in [0.05, 0.1) is 13.2 Å². The van der Waals surface area contributed by atoms with Gasteiger partial charge < -0.3 is 29.9 Å². The van der Waals surface area contributed by atoms with Crippen molar-refractivity contribution in [1.82, 2.24) is 0 Å². The Labute approximate surface area is 265 Å². The number of carbonyl (C=O) groups is 1. The van der Waals surface area contributed by atoms with Gasteiger partial charge in [0, 0.05) is 12.1 Å². The van der Waals surface area contributed by atoms with E-state index in [0.29, 0.717) is 12.2 Å². The highest BCUT2D eigenvalue weighted by atomic mass is 16.5. The molecular weight excluding hydrogens is 556 g/mol. The average molecular weight is 615 g/mol. The molecule has 7 heteroatoms. The minimum Gasteiger partial charge on any atom is -0.508 e. The summed E-state index contributed by atoms with van der Waals surface area (Å²) in [5.74, 6) is 0.163. The van der Waals surface area contributed by atoms with Gasteiger partial charge in [0.25, 0.3) is 0 Å². The zero-order valence-electron chi connectivity index (χ0n) is 27.5. The van der Waals surface area contributed by atoms with E-state index in [1.165, 1.54) is 12.1 Å². The molecule has 0 aliphatic rings. The number of carbonyl (C=O) groups excluding carboxylic acids is 1. The van der Waals surface area contributed by atoms with E-state index in [4.69, 9.17) is 9.47 Å². The summed E-state index contributed by atoms with van der Waals surface area (Å²) >= 11 is 0. The van der Waals surface area contributed by atoms with Crippen LogP contribution in [0, 0.1) is 0 Å². The minimum absolute atomic E-state index is 0.0909. The Morgan fingerprint density at radius 2 is 1.25 bits per heavy atom. The molecule has 2 aromatic rings. The van der Waals surface area contributed by atoms with Crippen molar-refractivity contribution in [2.45, 2.75) is 148 Å². The topological polar surface area (TPSA) is 116 Å². The third-order valence-corrected chi connectivity index (χ3v) is 8.31. The Morgan fingerprint density at radius 1 is 0.682 bits per heavy atom. The van der Waals surface area contributed by atoms with Crippen LogP contribution in [0.1, 0.15) is 144 Å². The van der Waals surface area contributed by atoms with Crippen LogP contribution >= 0.6 is 0 Å². The Hall–Kier alpha value is -2.93. The van der Waals surface area contributed by atoms with Gasteiger partial charge in [-0.15, -0.1) is 0 Å². The molecule has 2 atom stereocenters. The van der Waals surface area contributed by atoms with E-state index in [-0.39, 0.29) is 35.0 Å². The van der Waals surface area contributed by atoms with Gasteiger partial charge in [0.15, 0.2) is 0 Å². The lowest BCUT2D eigenvalue weighted by atomic mass is 9.98. The van der Waals surface area contributed by atoms with E-state index in [0.717, 1.165) is 127 Å². The molecular formula is C37H58O7. The predicted octanol–water partition coefficient (Wildman–Crippen LogP) is 9.16. The van der Waals surface area contributed by atoms with E-state index in [1.807, 2.05) is 6.07 Å². The number of aryl methyl sites for hydroxylation is 2. The van der Waals surface area contributed by atoms with E-state index >= 15 is 0 Å². The number of aromatic hydroxyl groups is 3. The lowest BCUT2D eigenvalue weighted by Crippen LogP contribution is -2.19. The number of benzene rings is 2. The molecule has 248 valence electrons. The van der Waals surface area contributed by atoms with E-state index in [1.54, 1.807) is 19.2 Å². The van der Waals surface area contributed by atoms with Crippen LogP contribution in [0.25, 0.3) is 0 Å². The highest BCUT2D eigenvalue weighted by molar-refractivity contribution is 5.94. The predicted molar refractivity (Wildman–Crippen MR) is 177 cm³/mol. The second kappa shape index (κ2) is 21.7. The van der Waals surface area contributed by atoms with E-state index in [9.17, 15) is 25.2 Å². The van der Waals surface area contributed by atoms with Gasteiger partial charge >= 0.3 is 5.97 Å². The van der Waals surface area contributed by atoms with Crippen LogP contribution in [0.4, 0.5) is 0 Å². The molecule has 0 aliphatic carbocycles. The summed E-state index contributed by atoms with van der Waals surface area (Å²) < 4.78 is 11.4. The van der Waals surface area contributed by atoms with Crippen LogP contribution in [0.15, 0.2) is 30.3 Å². The molecule has 0 saturated carbocycles. The third-order valence-electron chi connectivity index (χ3n) is 8.31. The first-order valence-corrected chi connectivity index (χ1v) is 17.1. The van der Waals surface area contributed by atoms with E-state index < -0.39 is 5.97 Å². The van der Waals surface area contributed by atoms with Crippen LogP contribution in [0.2, 0.25) is 0 Å². The lowest BCUT2D eigenvalue weighted by molar-refractivity contribution is 0.0249. The fourth-order valence-corrected chi connectivity index (χ4v) is 5.91. The first kappa shape index (κ1) is 37.3. The molecule has 4 N–H and O–H groups in total. The van der Waals surface area contributed by atoms with Crippen LogP contribution in [-0.4, -0.2) is 45.7 Å². The summed E-state index contributed by atoms with van der Waals surface area (Å²) in [6, 6.07) is 8.06. The molecule has 0 heterocycles. The van der Waals surface area contributed by atoms with Crippen molar-refractivity contribution in [3.05, 3.63) is 47.0 Å². The number of esters is 1. The molecule has 0 amide bonds. The van der Waals surface area contributed by atoms with Gasteiger partial charge in [0.1, 0.15) is 34.7 Å². The molecule has 0 aromatic heterocycles. The number of aliphatic hydroxyl groups is 1. The minimum atomic E-state index is -0.460. The number of aliphatic hydroxyl groups excluding tert-OH is 1. The summed E-state index contributed by atoms with van der Waals surface area (Å²) in [6.45, 7) is 4.19. The van der Waals surface area contributed by atoms with Crippen molar-refractivity contribution < 1.29 is 34.7 Å². The second-order valence-corrected chi connectivity index (χ2v) is 12.3. The number of hydrogen-bond acceptors (Lipinski definition) is 7. The van der Waals surface area contributed by atoms with Crippen LogP contribution in [0.5, 0.6) is 23.0 Å². The van der Waals surface area contributed by atoms with Crippen molar-refractivity contribution in [2.24, 2.45) is 0 Å². The summed E-state index contributed by atoms with van der Waals surface area (Å²) in [5, 5.41) is 39.9. The highest BCUT2D eigenvalue weighted by Gasteiger charge is 2.23. The van der Waals surface area contributed by atoms with Crippen LogP contribution in [-0.2, 0) is 17.6 Å². The number of hydrogen-bond donors (Lipinski definition) is 4. The van der Waals surface area contributed by atoms with Gasteiger partial charge in [-0.2, -0.15) is 0 Å². The Kier molecular flexibility index (Phi) is 18.4. The van der Waals surface area contributed by atoms with E-state index in [2.05, 4.69) is 13.8 Å². The number of methoxy groups -OCH3 is 1. The maximum absolute atomic E-state index is 13.4. The molecule has 2 aromatic carbocycles. The zero-order valence-corrected chi connectivity index (χ0v) is 27.5. The highest BCUT2D eigenvalue weighted by Crippen LogP contribution is 2.31. The SMILES string of the molecule is CCC[C@@H](O)CCCCCCCCc1cc(OC)cc(O)c1C(=O)O[C@H](CCC)CCCCCCCc1cc(O)cc(O)c1. The molecule has 0 spiro atoms. The van der Waals surface area contributed by atoms with Crippen molar-refractivity contribution in [3.63, 3.8) is 0 Å². The first-order valence-electron chi connectivity index (χ1n) is 17.1. The lowest BCUT2D eigenvalue weighted by Gasteiger charge is -2.19. The van der Waals surface area contributed by atoms with Gasteiger partial charge in [-0.25, -0.2) is 4.79 Å². The molecule has 0 saturated heterocycles. The molecule has 0 fully saturated rings. The Bertz CT molecular complexity index is 1060. The normalized spacial score (nSPS) is 12.6. The number of phenolic OH excluding ortho intramolecular Hbond substituents is 3. The van der Waals surface area contributed by atoms with Crippen LogP contribution < -0.4 is 4.74 Å². The third kappa shape index (κ3) is 14.7. The number of unbranched alkanes of at least 4 members (excludes halogenated alkanes) is 9. The number of rotatable bonds is 24. The monoisotopic (exact) mass is 614 g/mol. The standard InChI is InChI=1S/C37H58O7/c1-4-17-30(38)21-15-11-7-6-10-14-20-29-25-34(43-3)27-35(41)36(29)37(42)44-33(18-5-2)22-16-12-8-9-13-19-28-23-31(39)26-32(40)24-28/h23-27,30,33,38-41H,4-22H2,1-3H3/t30-,33-/m1/s1. The Balaban J connectivity index is 1.80. The molecule has 0 aliphatic heterocycles. The average Bonchev–Trinajstić information content (AvgIpc) is 2.97. The van der Waals surface area contributed by atoms with Gasteiger partial charge in [-0.05, 0) is 87.1 Å². The first-order chi connectivity index (χ1) is 21.3. The van der Waals surface area contributed by atoms with Crippen molar-refractivity contribution in [1.29, 1.82) is 0 Å². The maximum Gasteiger partial charge on any atom is 0.342 e. The van der Waals surface area contributed by atoms with Gasteiger partial charge in [-0.1, -0.05) is 78.1 Å². The largest absolute Gasteiger partial charge is 0.508 e. The molecule has 2 rings (SSSR count). The molecule has 0 bridgehead atoms. The van der Waals surface area contributed by atoms with Crippen molar-refractivity contribution in [3.8, 4) is 23.0 Å². The van der Waals surface area contributed by atoms with Crippen molar-refractivity contribution in [2.75, 3.05) is 7.11 Å². The number of ether oxygens (including phenoxy) is 2. The zero-order chi connectivity index (χ0) is 32.2. The van der Waals surface area contributed by atoms with Gasteiger partial charge in [-0.3, -0.25) is 0 Å². The van der Waals surface area contributed by atoms with Crippen molar-refractivity contribution >= 4 is 5.97 Å². The van der Waals surface area contributed by atoms with Crippen LogP contribution in [0.3, 0.4) is 0 Å². The summed E-state index contributed by atoms with van der Waals surface area (Å²) in [7, 11) is 1.56. The summed E-state index contributed by atoms with van der Waals surface area (Å²) in [6.07, 6.45) is 17.9. The Morgan fingerprint density at radius 3 is 1.86 bits per heavy atom. The maximum atomic E-state index is 13.4. The fraction of sp³-hybridized carbons (Fsp3) is 0.649. The summed E-state index contributed by atoms with van der Waals surface area (Å²) in [4.78, 5) is 13.4. The summed E-state index contributed by atoms with van der Waals surface area (Å²) in [5.41, 5.74) is 1.97. The smallest absolute Gasteiger partial charge is 0.342 e. The molecule has 0 radical (unpaired) electrons. The molecule has 0 unspecified atom stereocenters. The molecule has 7 nitrogen and oxygen atoms in total. The quantitative estimate of drug-likeness (QED) is 0.0688. The molecule has 44 heavy (non-hydrogen) atoms. The van der Waals surface area contributed by atoms with Gasteiger partial charge in [0.2, 0.25) is 0 Å². The second-order valence-electron chi connectivity index (χ2n) is 12.3.